The molecule has 116 valence electrons. The number of amides is 1. The molecule has 1 amide bonds. The van der Waals surface area contributed by atoms with E-state index >= 15 is 0 Å². The van der Waals surface area contributed by atoms with E-state index in [0.29, 0.717) is 33.3 Å². The Morgan fingerprint density at radius 2 is 2.00 bits per heavy atom. The molecule has 6 heteroatoms. The molecule has 0 saturated heterocycles. The fraction of sp³-hybridized carbons (Fsp3) is 0.118. The standard InChI is InChI=1S/C17H14ClN3O2/c1-10-9-12(7-8-19-10)20-17(22)15-11(2)23-21-16(15)13-5-3-4-6-14(13)18/h3-9H,1-2H3,(H,19,20,22). The summed E-state index contributed by atoms with van der Waals surface area (Å²) in [5.74, 6) is 0.132. The van der Waals surface area contributed by atoms with E-state index in [2.05, 4.69) is 15.5 Å². The number of halogens is 1. The van der Waals surface area contributed by atoms with Crippen molar-refractivity contribution in [2.75, 3.05) is 5.32 Å². The Hall–Kier alpha value is -2.66. The van der Waals surface area contributed by atoms with Gasteiger partial charge in [0.1, 0.15) is 17.0 Å². The first-order valence-electron chi connectivity index (χ1n) is 7.01. The van der Waals surface area contributed by atoms with Gasteiger partial charge in [0, 0.05) is 23.1 Å². The molecule has 2 heterocycles. The van der Waals surface area contributed by atoms with Gasteiger partial charge in [-0.1, -0.05) is 35.0 Å². The predicted molar refractivity (Wildman–Crippen MR) is 88.6 cm³/mol. The molecule has 0 aliphatic carbocycles. The lowest BCUT2D eigenvalue weighted by Crippen LogP contribution is -2.13. The summed E-state index contributed by atoms with van der Waals surface area (Å²) >= 11 is 6.20. The van der Waals surface area contributed by atoms with Gasteiger partial charge in [0.25, 0.3) is 5.91 Å². The van der Waals surface area contributed by atoms with Crippen molar-refractivity contribution in [3.8, 4) is 11.3 Å². The predicted octanol–water partition coefficient (Wildman–Crippen LogP) is 4.26. The number of carbonyl (C=O) groups is 1. The molecule has 1 N–H and O–H groups in total. The van der Waals surface area contributed by atoms with Crippen LogP contribution >= 0.6 is 11.6 Å². The van der Waals surface area contributed by atoms with E-state index in [-0.39, 0.29) is 5.91 Å². The fourth-order valence-corrected chi connectivity index (χ4v) is 2.52. The normalized spacial score (nSPS) is 10.6. The Labute approximate surface area is 138 Å². The summed E-state index contributed by atoms with van der Waals surface area (Å²) in [4.78, 5) is 16.7. The van der Waals surface area contributed by atoms with Crippen molar-refractivity contribution in [3.63, 3.8) is 0 Å². The van der Waals surface area contributed by atoms with Crippen LogP contribution in [0.15, 0.2) is 47.1 Å². The average molecular weight is 328 g/mol. The number of benzene rings is 1. The van der Waals surface area contributed by atoms with Crippen molar-refractivity contribution in [1.82, 2.24) is 10.1 Å². The maximum absolute atomic E-state index is 12.6. The zero-order valence-electron chi connectivity index (χ0n) is 12.6. The highest BCUT2D eigenvalue weighted by Gasteiger charge is 2.23. The first-order chi connectivity index (χ1) is 11.1. The van der Waals surface area contributed by atoms with Crippen LogP contribution in [0.4, 0.5) is 5.69 Å². The van der Waals surface area contributed by atoms with Gasteiger partial charge >= 0.3 is 0 Å². The zero-order valence-corrected chi connectivity index (χ0v) is 13.4. The number of carbonyl (C=O) groups excluding carboxylic acids is 1. The number of pyridine rings is 1. The van der Waals surface area contributed by atoms with E-state index in [4.69, 9.17) is 16.1 Å². The lowest BCUT2D eigenvalue weighted by molar-refractivity contribution is 0.102. The number of nitrogens with zero attached hydrogens (tertiary/aromatic N) is 2. The molecule has 0 fully saturated rings. The number of hydrogen-bond donors (Lipinski definition) is 1. The summed E-state index contributed by atoms with van der Waals surface area (Å²) in [5.41, 5.74) is 2.93. The van der Waals surface area contributed by atoms with E-state index in [1.807, 2.05) is 19.1 Å². The third-order valence-corrected chi connectivity index (χ3v) is 3.70. The van der Waals surface area contributed by atoms with Crippen molar-refractivity contribution in [2.24, 2.45) is 0 Å². The van der Waals surface area contributed by atoms with Gasteiger partial charge in [-0.3, -0.25) is 9.78 Å². The largest absolute Gasteiger partial charge is 0.360 e. The SMILES string of the molecule is Cc1cc(NC(=O)c2c(-c3ccccc3Cl)noc2C)ccn1. The van der Waals surface area contributed by atoms with Gasteiger partial charge in [0.2, 0.25) is 0 Å². The third-order valence-electron chi connectivity index (χ3n) is 3.37. The summed E-state index contributed by atoms with van der Waals surface area (Å²) in [6.07, 6.45) is 1.64. The average Bonchev–Trinajstić information content (AvgIpc) is 2.89. The van der Waals surface area contributed by atoms with Gasteiger partial charge in [-0.05, 0) is 32.0 Å². The molecule has 23 heavy (non-hydrogen) atoms. The van der Waals surface area contributed by atoms with Crippen LogP contribution in [0.25, 0.3) is 11.3 Å². The van der Waals surface area contributed by atoms with Crippen LogP contribution in [0.5, 0.6) is 0 Å². The van der Waals surface area contributed by atoms with Crippen molar-refractivity contribution < 1.29 is 9.32 Å². The molecule has 2 aromatic heterocycles. The van der Waals surface area contributed by atoms with Crippen LogP contribution < -0.4 is 5.32 Å². The van der Waals surface area contributed by atoms with Gasteiger partial charge in [-0.25, -0.2) is 0 Å². The van der Waals surface area contributed by atoms with Gasteiger partial charge in [-0.2, -0.15) is 0 Å². The molecule has 0 atom stereocenters. The highest BCUT2D eigenvalue weighted by Crippen LogP contribution is 2.31. The Morgan fingerprint density at radius 1 is 1.22 bits per heavy atom. The molecule has 0 spiro atoms. The first kappa shape index (κ1) is 15.2. The molecule has 0 unspecified atom stereocenters. The van der Waals surface area contributed by atoms with Crippen molar-refractivity contribution >= 4 is 23.2 Å². The smallest absolute Gasteiger partial charge is 0.261 e. The van der Waals surface area contributed by atoms with E-state index in [0.717, 1.165) is 5.69 Å². The number of aryl methyl sites for hydroxylation is 2. The van der Waals surface area contributed by atoms with E-state index in [1.165, 1.54) is 0 Å². The van der Waals surface area contributed by atoms with Gasteiger partial charge < -0.3 is 9.84 Å². The molecule has 1 aromatic carbocycles. The molecule has 3 aromatic rings. The van der Waals surface area contributed by atoms with E-state index in [1.54, 1.807) is 37.4 Å². The molecule has 0 radical (unpaired) electrons. The summed E-state index contributed by atoms with van der Waals surface area (Å²) < 4.78 is 5.21. The molecule has 0 aliphatic heterocycles. The number of hydrogen-bond acceptors (Lipinski definition) is 4. The van der Waals surface area contributed by atoms with E-state index < -0.39 is 0 Å². The molecular formula is C17H14ClN3O2. The van der Waals surface area contributed by atoms with Gasteiger partial charge in [-0.15, -0.1) is 0 Å². The Bertz CT molecular complexity index is 874. The minimum Gasteiger partial charge on any atom is -0.360 e. The Balaban J connectivity index is 1.99. The summed E-state index contributed by atoms with van der Waals surface area (Å²) in [5, 5.41) is 7.34. The highest BCUT2D eigenvalue weighted by molar-refractivity contribution is 6.33. The lowest BCUT2D eigenvalue weighted by Gasteiger charge is -2.07. The lowest BCUT2D eigenvalue weighted by atomic mass is 10.1. The summed E-state index contributed by atoms with van der Waals surface area (Å²) in [6, 6.07) is 10.7. The monoisotopic (exact) mass is 327 g/mol. The van der Waals surface area contributed by atoms with Crippen molar-refractivity contribution in [3.05, 3.63) is 64.6 Å². The second-order valence-corrected chi connectivity index (χ2v) is 5.49. The molecule has 0 saturated carbocycles. The molecule has 3 rings (SSSR count). The summed E-state index contributed by atoms with van der Waals surface area (Å²) in [6.45, 7) is 3.55. The second kappa shape index (κ2) is 6.22. The van der Waals surface area contributed by atoms with Crippen LogP contribution in [-0.2, 0) is 0 Å². The van der Waals surface area contributed by atoms with Crippen LogP contribution in [0.3, 0.4) is 0 Å². The Morgan fingerprint density at radius 3 is 2.74 bits per heavy atom. The molecule has 0 bridgehead atoms. The first-order valence-corrected chi connectivity index (χ1v) is 7.39. The number of aromatic nitrogens is 2. The maximum Gasteiger partial charge on any atom is 0.261 e. The van der Waals surface area contributed by atoms with Crippen LogP contribution in [0, 0.1) is 13.8 Å². The van der Waals surface area contributed by atoms with E-state index in [9.17, 15) is 4.79 Å². The van der Waals surface area contributed by atoms with Crippen LogP contribution in [-0.4, -0.2) is 16.0 Å². The topological polar surface area (TPSA) is 68.0 Å². The summed E-state index contributed by atoms with van der Waals surface area (Å²) in [7, 11) is 0. The van der Waals surface area contributed by atoms with Gasteiger partial charge in [0.15, 0.2) is 0 Å². The highest BCUT2D eigenvalue weighted by atomic mass is 35.5. The number of anilines is 1. The van der Waals surface area contributed by atoms with Crippen molar-refractivity contribution in [2.45, 2.75) is 13.8 Å². The molecule has 0 aliphatic rings. The van der Waals surface area contributed by atoms with Crippen molar-refractivity contribution in [1.29, 1.82) is 0 Å². The third kappa shape index (κ3) is 3.10. The number of nitrogens with one attached hydrogen (secondary N) is 1. The minimum atomic E-state index is -0.302. The Kier molecular flexibility index (Phi) is 4.12. The zero-order chi connectivity index (χ0) is 16.4. The number of rotatable bonds is 3. The van der Waals surface area contributed by atoms with Crippen LogP contribution in [0.2, 0.25) is 5.02 Å². The quantitative estimate of drug-likeness (QED) is 0.780. The molecule has 5 nitrogen and oxygen atoms in total. The maximum atomic E-state index is 12.6. The molecular weight excluding hydrogens is 314 g/mol. The fourth-order valence-electron chi connectivity index (χ4n) is 2.29. The van der Waals surface area contributed by atoms with Gasteiger partial charge in [0.05, 0.1) is 5.02 Å². The minimum absolute atomic E-state index is 0.302. The van der Waals surface area contributed by atoms with Crippen LogP contribution in [0.1, 0.15) is 21.8 Å². The second-order valence-electron chi connectivity index (χ2n) is 5.08.